The van der Waals surface area contributed by atoms with Gasteiger partial charge in [0.05, 0.1) is 11.4 Å². The van der Waals surface area contributed by atoms with Gasteiger partial charge < -0.3 is 9.26 Å². The topological polar surface area (TPSA) is 85.5 Å². The summed E-state index contributed by atoms with van der Waals surface area (Å²) >= 11 is 0. The minimum atomic E-state index is -3.10. The maximum absolute atomic E-state index is 12.3. The van der Waals surface area contributed by atoms with E-state index < -0.39 is 10.0 Å². The van der Waals surface area contributed by atoms with Gasteiger partial charge in [-0.25, -0.2) is 8.42 Å². The number of ether oxygens (including phenoxy) is 1. The molecule has 0 amide bonds. The molecule has 8 heteroatoms. The van der Waals surface area contributed by atoms with Gasteiger partial charge in [-0.1, -0.05) is 5.16 Å². The minimum Gasteiger partial charge on any atom is -0.367 e. The number of hydrogen-bond donors (Lipinski definition) is 0. The normalized spacial score (nSPS) is 27.2. The lowest BCUT2D eigenvalue weighted by molar-refractivity contribution is -0.00298. The van der Waals surface area contributed by atoms with Crippen LogP contribution in [0.15, 0.2) is 4.52 Å². The molecule has 3 fully saturated rings. The highest BCUT2D eigenvalue weighted by atomic mass is 32.2. The van der Waals surface area contributed by atoms with Crippen LogP contribution in [-0.4, -0.2) is 47.3 Å². The first kappa shape index (κ1) is 14.6. The van der Waals surface area contributed by atoms with Crippen molar-refractivity contribution in [3.8, 4) is 0 Å². The molecule has 7 nitrogen and oxygen atoms in total. The molecule has 2 aliphatic carbocycles. The maximum Gasteiger partial charge on any atom is 0.252 e. The highest BCUT2D eigenvalue weighted by molar-refractivity contribution is 7.90. The Labute approximate surface area is 130 Å². The van der Waals surface area contributed by atoms with E-state index in [1.165, 1.54) is 0 Å². The van der Waals surface area contributed by atoms with Crippen LogP contribution in [0.25, 0.3) is 0 Å². The standard InChI is InChI=1S/C14H21N3O4S/c18-22(19,12-5-6-12)17-7-1-2-11(8-17)20-9-13-15-14(16-21-13)10-3-4-10/h10-12H,1-9H2. The van der Waals surface area contributed by atoms with Crippen molar-refractivity contribution in [1.82, 2.24) is 14.4 Å². The summed E-state index contributed by atoms with van der Waals surface area (Å²) in [6.07, 6.45) is 5.51. The molecule has 1 unspecified atom stereocenters. The Morgan fingerprint density at radius 1 is 1.23 bits per heavy atom. The second-order valence-electron chi connectivity index (χ2n) is 6.50. The van der Waals surface area contributed by atoms with Crippen LogP contribution in [0.2, 0.25) is 0 Å². The predicted octanol–water partition coefficient (Wildman–Crippen LogP) is 1.42. The van der Waals surface area contributed by atoms with Crippen LogP contribution in [0.1, 0.15) is 56.2 Å². The Kier molecular flexibility index (Phi) is 3.70. The summed E-state index contributed by atoms with van der Waals surface area (Å²) in [4.78, 5) is 4.33. The van der Waals surface area contributed by atoms with Gasteiger partial charge >= 0.3 is 0 Å². The van der Waals surface area contributed by atoms with E-state index in [0.717, 1.165) is 44.3 Å². The van der Waals surface area contributed by atoms with E-state index in [2.05, 4.69) is 10.1 Å². The molecule has 0 spiro atoms. The third kappa shape index (κ3) is 3.04. The molecule has 0 aromatic carbocycles. The first-order valence-electron chi connectivity index (χ1n) is 8.06. The molecular formula is C14H21N3O4S. The molecule has 4 rings (SSSR count). The van der Waals surface area contributed by atoms with Gasteiger partial charge in [0.1, 0.15) is 6.61 Å². The first-order valence-corrected chi connectivity index (χ1v) is 9.56. The molecule has 1 saturated heterocycles. The molecule has 1 aliphatic heterocycles. The third-order valence-electron chi connectivity index (χ3n) is 4.52. The predicted molar refractivity (Wildman–Crippen MR) is 77.6 cm³/mol. The Balaban J connectivity index is 1.32. The van der Waals surface area contributed by atoms with Crippen LogP contribution in [0.4, 0.5) is 0 Å². The smallest absolute Gasteiger partial charge is 0.252 e. The quantitative estimate of drug-likeness (QED) is 0.785. The van der Waals surface area contributed by atoms with E-state index in [-0.39, 0.29) is 18.0 Å². The van der Waals surface area contributed by atoms with Crippen LogP contribution >= 0.6 is 0 Å². The molecule has 0 bridgehead atoms. The summed E-state index contributed by atoms with van der Waals surface area (Å²) in [7, 11) is -3.10. The van der Waals surface area contributed by atoms with E-state index >= 15 is 0 Å². The van der Waals surface area contributed by atoms with Gasteiger partial charge in [-0.15, -0.1) is 0 Å². The number of sulfonamides is 1. The summed E-state index contributed by atoms with van der Waals surface area (Å²) in [5.41, 5.74) is 0. The zero-order chi connectivity index (χ0) is 15.2. The largest absolute Gasteiger partial charge is 0.367 e. The van der Waals surface area contributed by atoms with Crippen LogP contribution in [0, 0.1) is 0 Å². The van der Waals surface area contributed by atoms with Crippen molar-refractivity contribution in [3.05, 3.63) is 11.7 Å². The van der Waals surface area contributed by atoms with E-state index in [0.29, 0.717) is 24.9 Å². The molecule has 2 heterocycles. The van der Waals surface area contributed by atoms with Gasteiger partial charge in [-0.2, -0.15) is 9.29 Å². The van der Waals surface area contributed by atoms with Crippen molar-refractivity contribution in [2.45, 2.75) is 62.4 Å². The fourth-order valence-electron chi connectivity index (χ4n) is 2.87. The molecule has 1 atom stereocenters. The van der Waals surface area contributed by atoms with Gasteiger partial charge in [-0.05, 0) is 38.5 Å². The molecular weight excluding hydrogens is 306 g/mol. The minimum absolute atomic E-state index is 0.0847. The van der Waals surface area contributed by atoms with Crippen molar-refractivity contribution in [2.75, 3.05) is 13.1 Å². The van der Waals surface area contributed by atoms with Gasteiger partial charge in [0.2, 0.25) is 10.0 Å². The van der Waals surface area contributed by atoms with Crippen LogP contribution in [0.5, 0.6) is 0 Å². The van der Waals surface area contributed by atoms with E-state index in [1.807, 2.05) is 0 Å². The van der Waals surface area contributed by atoms with Crippen molar-refractivity contribution in [2.24, 2.45) is 0 Å². The van der Waals surface area contributed by atoms with Gasteiger partial charge in [0.15, 0.2) is 5.82 Å². The van der Waals surface area contributed by atoms with Gasteiger partial charge in [-0.3, -0.25) is 0 Å². The van der Waals surface area contributed by atoms with Crippen LogP contribution in [0.3, 0.4) is 0 Å². The molecule has 122 valence electrons. The molecule has 0 N–H and O–H groups in total. The van der Waals surface area contributed by atoms with Crippen molar-refractivity contribution in [3.63, 3.8) is 0 Å². The number of nitrogens with zero attached hydrogens (tertiary/aromatic N) is 3. The van der Waals surface area contributed by atoms with Crippen molar-refractivity contribution >= 4 is 10.0 Å². The molecule has 1 aromatic heterocycles. The number of hydrogen-bond acceptors (Lipinski definition) is 6. The number of aromatic nitrogens is 2. The second-order valence-corrected chi connectivity index (χ2v) is 8.71. The Morgan fingerprint density at radius 2 is 2.05 bits per heavy atom. The summed E-state index contributed by atoms with van der Waals surface area (Å²) in [5, 5.41) is 3.81. The van der Waals surface area contributed by atoms with Crippen LogP contribution < -0.4 is 0 Å². The monoisotopic (exact) mass is 327 g/mol. The Morgan fingerprint density at radius 3 is 2.77 bits per heavy atom. The lowest BCUT2D eigenvalue weighted by Crippen LogP contribution is -2.44. The number of rotatable bonds is 6. The summed E-state index contributed by atoms with van der Waals surface area (Å²) in [6.45, 7) is 1.33. The highest BCUT2D eigenvalue weighted by Gasteiger charge is 2.41. The van der Waals surface area contributed by atoms with Crippen molar-refractivity contribution < 1.29 is 17.7 Å². The van der Waals surface area contributed by atoms with Crippen LogP contribution in [-0.2, 0) is 21.4 Å². The lowest BCUT2D eigenvalue weighted by Gasteiger charge is -2.31. The fourth-order valence-corrected chi connectivity index (χ4v) is 4.78. The Hall–Kier alpha value is -0.990. The summed E-state index contributed by atoms with van der Waals surface area (Å²) in [6, 6.07) is 0. The second kappa shape index (κ2) is 5.58. The van der Waals surface area contributed by atoms with Crippen molar-refractivity contribution in [1.29, 1.82) is 0 Å². The zero-order valence-electron chi connectivity index (χ0n) is 12.5. The van der Waals surface area contributed by atoms with E-state index in [4.69, 9.17) is 9.26 Å². The maximum atomic E-state index is 12.3. The molecule has 0 radical (unpaired) electrons. The molecule has 3 aliphatic rings. The molecule has 22 heavy (non-hydrogen) atoms. The highest BCUT2D eigenvalue weighted by Crippen LogP contribution is 2.38. The van der Waals surface area contributed by atoms with E-state index in [1.54, 1.807) is 4.31 Å². The fraction of sp³-hybridized carbons (Fsp3) is 0.857. The van der Waals surface area contributed by atoms with E-state index in [9.17, 15) is 8.42 Å². The van der Waals surface area contributed by atoms with Gasteiger partial charge in [0, 0.05) is 19.0 Å². The summed E-state index contributed by atoms with van der Waals surface area (Å²) in [5.74, 6) is 1.73. The Bertz CT molecular complexity index is 636. The number of piperidine rings is 1. The first-order chi connectivity index (χ1) is 10.6. The molecule has 1 aromatic rings. The SMILES string of the molecule is O=S(=O)(C1CC1)N1CCCC(OCc2nc(C3CC3)no2)C1. The average molecular weight is 327 g/mol. The van der Waals surface area contributed by atoms with Gasteiger partial charge in [0.25, 0.3) is 5.89 Å². The summed E-state index contributed by atoms with van der Waals surface area (Å²) < 4.78 is 37.2. The lowest BCUT2D eigenvalue weighted by atomic mass is 10.1. The zero-order valence-corrected chi connectivity index (χ0v) is 13.3. The molecule has 2 saturated carbocycles. The third-order valence-corrected chi connectivity index (χ3v) is 6.88. The average Bonchev–Trinajstić information content (AvgIpc) is 3.43.